The van der Waals surface area contributed by atoms with E-state index in [0.29, 0.717) is 51.8 Å². The van der Waals surface area contributed by atoms with Crippen LogP contribution in [0.1, 0.15) is 54.2 Å². The van der Waals surface area contributed by atoms with E-state index in [1.54, 1.807) is 30.3 Å². The van der Waals surface area contributed by atoms with Crippen LogP contribution in [0.4, 0.5) is 0 Å². The molecule has 0 aromatic heterocycles. The van der Waals surface area contributed by atoms with Crippen LogP contribution >= 0.6 is 27.5 Å². The number of amides is 2. The van der Waals surface area contributed by atoms with Gasteiger partial charge in [0.1, 0.15) is 12.6 Å². The molecule has 3 aromatic rings. The Kier molecular flexibility index (Phi) is 11.4. The third-order valence-corrected chi connectivity index (χ3v) is 6.50. The molecule has 2 N–H and O–H groups in total. The fourth-order valence-electron chi connectivity index (χ4n) is 3.70. The number of benzene rings is 3. The molecule has 1 atom stereocenters. The molecule has 206 valence electrons. The summed E-state index contributed by atoms with van der Waals surface area (Å²) in [7, 11) is 0. The molecule has 0 aliphatic rings. The van der Waals surface area contributed by atoms with Crippen LogP contribution < -0.4 is 20.2 Å². The van der Waals surface area contributed by atoms with Gasteiger partial charge in [-0.25, -0.2) is 5.43 Å². The number of hydrogen-bond acceptors (Lipinski definition) is 5. The van der Waals surface area contributed by atoms with Crippen molar-refractivity contribution in [2.75, 3.05) is 6.61 Å². The molecule has 2 amide bonds. The van der Waals surface area contributed by atoms with Gasteiger partial charge < -0.3 is 14.8 Å². The summed E-state index contributed by atoms with van der Waals surface area (Å²) in [4.78, 5) is 25.6. The molecule has 1 unspecified atom stereocenters. The summed E-state index contributed by atoms with van der Waals surface area (Å²) in [5.74, 6) is 0.542. The summed E-state index contributed by atoms with van der Waals surface area (Å²) in [6.07, 6.45) is 1.97. The van der Waals surface area contributed by atoms with Crippen molar-refractivity contribution in [3.63, 3.8) is 0 Å². The van der Waals surface area contributed by atoms with Crippen molar-refractivity contribution in [3.8, 4) is 11.5 Å². The highest BCUT2D eigenvalue weighted by atomic mass is 79.9. The quantitative estimate of drug-likeness (QED) is 0.176. The van der Waals surface area contributed by atoms with Crippen molar-refractivity contribution >= 4 is 45.6 Å². The minimum Gasteiger partial charge on any atom is -0.490 e. The molecule has 0 bridgehead atoms. The van der Waals surface area contributed by atoms with Crippen LogP contribution in [0.5, 0.6) is 11.5 Å². The second kappa shape index (κ2) is 14.7. The molecular weight excluding hydrogens is 582 g/mol. The van der Waals surface area contributed by atoms with Crippen LogP contribution in [-0.2, 0) is 11.4 Å². The zero-order chi connectivity index (χ0) is 28.4. The van der Waals surface area contributed by atoms with Gasteiger partial charge in [-0.1, -0.05) is 55.3 Å². The Hall–Kier alpha value is -3.36. The number of carbonyl (C=O) groups is 2. The second-order valence-corrected chi connectivity index (χ2v) is 10.7. The largest absolute Gasteiger partial charge is 0.490 e. The van der Waals surface area contributed by atoms with Gasteiger partial charge in [-0.2, -0.15) is 5.10 Å². The maximum atomic E-state index is 12.9. The van der Waals surface area contributed by atoms with E-state index in [4.69, 9.17) is 21.1 Å². The van der Waals surface area contributed by atoms with Crippen LogP contribution in [0, 0.1) is 12.8 Å². The topological polar surface area (TPSA) is 89.0 Å². The first-order valence-electron chi connectivity index (χ1n) is 12.7. The van der Waals surface area contributed by atoms with E-state index in [2.05, 4.69) is 31.8 Å². The summed E-state index contributed by atoms with van der Waals surface area (Å²) in [6.45, 7) is 8.74. The van der Waals surface area contributed by atoms with E-state index in [1.807, 2.05) is 58.0 Å². The number of hydrazone groups is 1. The SMILES string of the molecule is CCOc1cc(C=NNC(=O)C(CC(C)C)NC(=O)c2ccc(Cl)cc2)cc(Br)c1OCc1ccc(C)cc1. The number of hydrogen-bond donors (Lipinski definition) is 2. The van der Waals surface area contributed by atoms with Gasteiger partial charge >= 0.3 is 0 Å². The Morgan fingerprint density at radius 3 is 2.38 bits per heavy atom. The van der Waals surface area contributed by atoms with Gasteiger partial charge in [0.15, 0.2) is 11.5 Å². The number of nitrogens with one attached hydrogen (secondary N) is 2. The summed E-state index contributed by atoms with van der Waals surface area (Å²) < 4.78 is 12.6. The number of halogens is 2. The van der Waals surface area contributed by atoms with Crippen LogP contribution in [0.3, 0.4) is 0 Å². The van der Waals surface area contributed by atoms with E-state index in [9.17, 15) is 9.59 Å². The Bertz CT molecular complexity index is 1290. The van der Waals surface area contributed by atoms with Gasteiger partial charge in [0.25, 0.3) is 11.8 Å². The number of aryl methyl sites for hydroxylation is 1. The fourth-order valence-corrected chi connectivity index (χ4v) is 4.40. The smallest absolute Gasteiger partial charge is 0.262 e. The maximum Gasteiger partial charge on any atom is 0.262 e. The van der Waals surface area contributed by atoms with Gasteiger partial charge in [0.05, 0.1) is 17.3 Å². The number of rotatable bonds is 12. The Labute approximate surface area is 243 Å². The molecule has 0 radical (unpaired) electrons. The molecule has 0 aliphatic heterocycles. The summed E-state index contributed by atoms with van der Waals surface area (Å²) in [5.41, 5.74) is 5.89. The van der Waals surface area contributed by atoms with E-state index in [0.717, 1.165) is 5.56 Å². The van der Waals surface area contributed by atoms with Gasteiger partial charge in [0, 0.05) is 10.6 Å². The number of carbonyl (C=O) groups excluding carboxylic acids is 2. The highest BCUT2D eigenvalue weighted by Crippen LogP contribution is 2.37. The Morgan fingerprint density at radius 2 is 1.74 bits per heavy atom. The van der Waals surface area contributed by atoms with Gasteiger partial charge in [-0.05, 0) is 89.6 Å². The normalized spacial score (nSPS) is 11.9. The van der Waals surface area contributed by atoms with Crippen LogP contribution in [0.2, 0.25) is 5.02 Å². The second-order valence-electron chi connectivity index (χ2n) is 9.43. The lowest BCUT2D eigenvalue weighted by Crippen LogP contribution is -2.46. The molecule has 0 spiro atoms. The highest BCUT2D eigenvalue weighted by molar-refractivity contribution is 9.10. The third-order valence-electron chi connectivity index (χ3n) is 5.66. The molecule has 3 aromatic carbocycles. The molecule has 39 heavy (non-hydrogen) atoms. The Morgan fingerprint density at radius 1 is 1.05 bits per heavy atom. The van der Waals surface area contributed by atoms with Gasteiger partial charge in [-0.15, -0.1) is 0 Å². The minimum atomic E-state index is -0.756. The van der Waals surface area contributed by atoms with E-state index >= 15 is 0 Å². The van der Waals surface area contributed by atoms with Crippen LogP contribution in [0.25, 0.3) is 0 Å². The third kappa shape index (κ3) is 9.41. The molecule has 3 rings (SSSR count). The van der Waals surface area contributed by atoms with Crippen molar-refractivity contribution < 1.29 is 19.1 Å². The first kappa shape index (κ1) is 30.2. The average Bonchev–Trinajstić information content (AvgIpc) is 2.89. The number of nitrogens with zero attached hydrogens (tertiary/aromatic N) is 1. The number of ether oxygens (including phenoxy) is 2. The van der Waals surface area contributed by atoms with Crippen molar-refractivity contribution in [1.82, 2.24) is 10.7 Å². The van der Waals surface area contributed by atoms with E-state index in [-0.39, 0.29) is 11.8 Å². The Balaban J connectivity index is 1.68. The lowest BCUT2D eigenvalue weighted by atomic mass is 10.0. The van der Waals surface area contributed by atoms with E-state index < -0.39 is 11.9 Å². The molecule has 0 saturated heterocycles. The molecule has 0 saturated carbocycles. The fraction of sp³-hybridized carbons (Fsp3) is 0.300. The zero-order valence-electron chi connectivity index (χ0n) is 22.5. The van der Waals surface area contributed by atoms with Crippen molar-refractivity contribution in [3.05, 3.63) is 92.4 Å². The van der Waals surface area contributed by atoms with Crippen molar-refractivity contribution in [1.29, 1.82) is 0 Å². The summed E-state index contributed by atoms with van der Waals surface area (Å²) in [6, 6.07) is 17.5. The monoisotopic (exact) mass is 613 g/mol. The lowest BCUT2D eigenvalue weighted by molar-refractivity contribution is -0.123. The maximum absolute atomic E-state index is 12.9. The van der Waals surface area contributed by atoms with Gasteiger partial charge in [0.2, 0.25) is 0 Å². The standard InChI is InChI=1S/C30H33BrClN3O4/c1-5-38-27-16-22(15-25(31)28(27)39-18-21-8-6-20(4)7-9-21)17-33-35-30(37)26(14-19(2)3)34-29(36)23-10-12-24(32)13-11-23/h6-13,15-17,19,26H,5,14,18H2,1-4H3,(H,34,36)(H,35,37). The average molecular weight is 615 g/mol. The van der Waals surface area contributed by atoms with Crippen LogP contribution in [-0.4, -0.2) is 30.7 Å². The highest BCUT2D eigenvalue weighted by Gasteiger charge is 2.22. The molecule has 0 fully saturated rings. The summed E-state index contributed by atoms with van der Waals surface area (Å²) in [5, 5.41) is 7.45. The minimum absolute atomic E-state index is 0.174. The van der Waals surface area contributed by atoms with Crippen LogP contribution in [0.15, 0.2) is 70.2 Å². The van der Waals surface area contributed by atoms with E-state index in [1.165, 1.54) is 11.8 Å². The van der Waals surface area contributed by atoms with Gasteiger partial charge in [-0.3, -0.25) is 9.59 Å². The molecule has 9 heteroatoms. The first-order valence-corrected chi connectivity index (χ1v) is 13.9. The molecule has 0 aliphatic carbocycles. The summed E-state index contributed by atoms with van der Waals surface area (Å²) >= 11 is 9.48. The molecule has 7 nitrogen and oxygen atoms in total. The zero-order valence-corrected chi connectivity index (χ0v) is 24.8. The molecular formula is C30H33BrClN3O4. The lowest BCUT2D eigenvalue weighted by Gasteiger charge is -2.19. The first-order chi connectivity index (χ1) is 18.7. The van der Waals surface area contributed by atoms with Crippen molar-refractivity contribution in [2.45, 2.75) is 46.8 Å². The molecule has 0 heterocycles. The predicted molar refractivity (Wildman–Crippen MR) is 159 cm³/mol. The van der Waals surface area contributed by atoms with Crippen molar-refractivity contribution in [2.24, 2.45) is 11.0 Å². The predicted octanol–water partition coefficient (Wildman–Crippen LogP) is 6.68.